The van der Waals surface area contributed by atoms with Crippen molar-refractivity contribution < 1.29 is 14.3 Å². The number of nitrogens with one attached hydrogen (secondary N) is 1. The van der Waals surface area contributed by atoms with E-state index >= 15 is 0 Å². The highest BCUT2D eigenvalue weighted by atomic mass is 35.5. The lowest BCUT2D eigenvalue weighted by molar-refractivity contribution is -0.134. The molecule has 0 aliphatic rings. The Balaban J connectivity index is 2.45. The molecule has 6 heteroatoms. The number of aromatic nitrogens is 1. The Morgan fingerprint density at radius 1 is 1.53 bits per heavy atom. The molecule has 0 unspecified atom stereocenters. The van der Waals surface area contributed by atoms with Crippen LogP contribution in [-0.4, -0.2) is 30.5 Å². The normalized spacial score (nSPS) is 10.2. The van der Waals surface area contributed by atoms with Crippen LogP contribution in [0.1, 0.15) is 10.5 Å². The van der Waals surface area contributed by atoms with Gasteiger partial charge in [0.25, 0.3) is 5.91 Å². The summed E-state index contributed by atoms with van der Waals surface area (Å²) in [6.07, 6.45) is 2.71. The van der Waals surface area contributed by atoms with Crippen LogP contribution in [0.4, 0.5) is 0 Å². The minimum atomic E-state index is -0.472. The molecule has 0 aromatic carbocycles. The van der Waals surface area contributed by atoms with Crippen LogP contribution in [0.5, 0.6) is 0 Å². The molecule has 1 aromatic rings. The number of methoxy groups -OCH3 is 1. The Labute approximate surface area is 103 Å². The molecule has 0 bridgehead atoms. The Morgan fingerprint density at radius 2 is 2.29 bits per heavy atom. The van der Waals surface area contributed by atoms with Crippen LogP contribution in [0, 0.1) is 0 Å². The number of pyridine rings is 1. The first-order valence-electron chi connectivity index (χ1n) is 4.78. The maximum absolute atomic E-state index is 11.5. The van der Waals surface area contributed by atoms with Gasteiger partial charge in [0.05, 0.1) is 7.11 Å². The molecule has 0 saturated carbocycles. The van der Waals surface area contributed by atoms with Crippen molar-refractivity contribution in [2.45, 2.75) is 0 Å². The number of hydrogen-bond acceptors (Lipinski definition) is 4. The van der Waals surface area contributed by atoms with Gasteiger partial charge in [-0.25, -0.2) is 9.78 Å². The molecule has 0 radical (unpaired) electrons. The van der Waals surface area contributed by atoms with Gasteiger partial charge in [-0.1, -0.05) is 23.7 Å². The molecule has 0 fully saturated rings. The molecule has 0 spiro atoms. The van der Waals surface area contributed by atoms with Gasteiger partial charge in [0.1, 0.15) is 10.8 Å². The third kappa shape index (κ3) is 4.65. The number of nitrogens with zero attached hydrogens (tertiary/aromatic N) is 1. The molecule has 1 rings (SSSR count). The fourth-order valence-electron chi connectivity index (χ4n) is 1.00. The predicted molar refractivity (Wildman–Crippen MR) is 62.7 cm³/mol. The second-order valence-corrected chi connectivity index (χ2v) is 3.37. The number of carbonyl (C=O) groups excluding carboxylic acids is 2. The lowest BCUT2D eigenvalue weighted by Crippen LogP contribution is -2.24. The number of amides is 1. The molecular weight excluding hydrogens is 244 g/mol. The van der Waals surface area contributed by atoms with Gasteiger partial charge in [-0.2, -0.15) is 0 Å². The zero-order valence-corrected chi connectivity index (χ0v) is 9.90. The molecule has 0 saturated heterocycles. The van der Waals surface area contributed by atoms with E-state index in [-0.39, 0.29) is 23.3 Å². The van der Waals surface area contributed by atoms with E-state index in [1.54, 1.807) is 18.2 Å². The van der Waals surface area contributed by atoms with E-state index in [4.69, 9.17) is 11.6 Å². The van der Waals surface area contributed by atoms with Crippen molar-refractivity contribution >= 4 is 23.5 Å². The standard InChI is InChI=1S/C11H11ClN2O3/c1-17-10(15)6-3-7-13-11(16)8-4-2-5-9(12)14-8/h2-6H,7H2,1H3,(H,13,16)/b6-3+. The maximum Gasteiger partial charge on any atom is 0.330 e. The van der Waals surface area contributed by atoms with Crippen molar-refractivity contribution in [3.63, 3.8) is 0 Å². The Morgan fingerprint density at radius 3 is 2.94 bits per heavy atom. The zero-order chi connectivity index (χ0) is 12.7. The van der Waals surface area contributed by atoms with Crippen LogP contribution in [0.2, 0.25) is 5.15 Å². The molecule has 90 valence electrons. The quantitative estimate of drug-likeness (QED) is 0.498. The van der Waals surface area contributed by atoms with Crippen LogP contribution < -0.4 is 5.32 Å². The Hall–Kier alpha value is -1.88. The maximum atomic E-state index is 11.5. The third-order valence-corrected chi connectivity index (χ3v) is 1.99. The third-order valence-electron chi connectivity index (χ3n) is 1.78. The van der Waals surface area contributed by atoms with Crippen LogP contribution >= 0.6 is 11.6 Å². The molecule has 1 N–H and O–H groups in total. The van der Waals surface area contributed by atoms with Crippen molar-refractivity contribution in [2.75, 3.05) is 13.7 Å². The van der Waals surface area contributed by atoms with Gasteiger partial charge >= 0.3 is 5.97 Å². The summed E-state index contributed by atoms with van der Waals surface area (Å²) in [6, 6.07) is 4.76. The van der Waals surface area contributed by atoms with E-state index in [0.29, 0.717) is 0 Å². The van der Waals surface area contributed by atoms with Crippen LogP contribution in [-0.2, 0) is 9.53 Å². The highest BCUT2D eigenvalue weighted by molar-refractivity contribution is 6.29. The Bertz CT molecular complexity index is 446. The van der Waals surface area contributed by atoms with Gasteiger partial charge in [-0.05, 0) is 12.1 Å². The summed E-state index contributed by atoms with van der Waals surface area (Å²) in [5.41, 5.74) is 0.226. The number of carbonyl (C=O) groups is 2. The van der Waals surface area contributed by atoms with E-state index in [2.05, 4.69) is 15.0 Å². The fraction of sp³-hybridized carbons (Fsp3) is 0.182. The molecule has 0 aliphatic carbocycles. The first kappa shape index (κ1) is 13.2. The van der Waals surface area contributed by atoms with Crippen LogP contribution in [0.15, 0.2) is 30.4 Å². The molecular formula is C11H11ClN2O3. The number of hydrogen-bond donors (Lipinski definition) is 1. The molecule has 5 nitrogen and oxygen atoms in total. The molecule has 1 amide bonds. The smallest absolute Gasteiger partial charge is 0.330 e. The molecule has 0 atom stereocenters. The lowest BCUT2D eigenvalue weighted by Gasteiger charge is -2.01. The number of esters is 1. The molecule has 1 heterocycles. The summed E-state index contributed by atoms with van der Waals surface area (Å²) >= 11 is 5.64. The lowest BCUT2D eigenvalue weighted by atomic mass is 10.3. The van der Waals surface area contributed by atoms with Crippen LogP contribution in [0.3, 0.4) is 0 Å². The van der Waals surface area contributed by atoms with Crippen molar-refractivity contribution in [2.24, 2.45) is 0 Å². The van der Waals surface area contributed by atoms with E-state index < -0.39 is 5.97 Å². The van der Waals surface area contributed by atoms with Gasteiger partial charge in [-0.3, -0.25) is 4.79 Å². The fourth-order valence-corrected chi connectivity index (χ4v) is 1.16. The van der Waals surface area contributed by atoms with Crippen molar-refractivity contribution in [3.05, 3.63) is 41.2 Å². The molecule has 0 aliphatic heterocycles. The van der Waals surface area contributed by atoms with Crippen molar-refractivity contribution in [3.8, 4) is 0 Å². The minimum absolute atomic E-state index is 0.210. The second kappa shape index (κ2) is 6.65. The first-order valence-corrected chi connectivity index (χ1v) is 5.16. The average molecular weight is 255 g/mol. The second-order valence-electron chi connectivity index (χ2n) is 2.98. The van der Waals surface area contributed by atoms with Crippen molar-refractivity contribution in [1.82, 2.24) is 10.3 Å². The minimum Gasteiger partial charge on any atom is -0.466 e. The van der Waals surface area contributed by atoms with E-state index in [1.165, 1.54) is 19.3 Å². The average Bonchev–Trinajstić information content (AvgIpc) is 2.34. The first-order chi connectivity index (χ1) is 8.13. The van der Waals surface area contributed by atoms with E-state index in [1.807, 2.05) is 0 Å². The molecule has 17 heavy (non-hydrogen) atoms. The largest absolute Gasteiger partial charge is 0.466 e. The summed E-state index contributed by atoms with van der Waals surface area (Å²) in [7, 11) is 1.28. The summed E-state index contributed by atoms with van der Waals surface area (Å²) in [5.74, 6) is -0.831. The molecule has 1 aromatic heterocycles. The van der Waals surface area contributed by atoms with Gasteiger partial charge < -0.3 is 10.1 Å². The number of rotatable bonds is 4. The van der Waals surface area contributed by atoms with E-state index in [0.717, 1.165) is 0 Å². The van der Waals surface area contributed by atoms with Crippen LogP contribution in [0.25, 0.3) is 0 Å². The van der Waals surface area contributed by atoms with Gasteiger partial charge in [0, 0.05) is 12.6 Å². The van der Waals surface area contributed by atoms with E-state index in [9.17, 15) is 9.59 Å². The van der Waals surface area contributed by atoms with Gasteiger partial charge in [0.15, 0.2) is 0 Å². The Kier molecular flexibility index (Phi) is 5.16. The number of ether oxygens (including phenoxy) is 1. The highest BCUT2D eigenvalue weighted by Gasteiger charge is 2.05. The summed E-state index contributed by atoms with van der Waals surface area (Å²) in [4.78, 5) is 26.1. The SMILES string of the molecule is COC(=O)/C=C/CNC(=O)c1cccc(Cl)n1. The highest BCUT2D eigenvalue weighted by Crippen LogP contribution is 2.04. The zero-order valence-electron chi connectivity index (χ0n) is 9.14. The monoisotopic (exact) mass is 254 g/mol. The summed E-state index contributed by atoms with van der Waals surface area (Å²) < 4.78 is 4.39. The predicted octanol–water partition coefficient (Wildman–Crippen LogP) is 1.19. The van der Waals surface area contributed by atoms with Crippen molar-refractivity contribution in [1.29, 1.82) is 0 Å². The topological polar surface area (TPSA) is 68.3 Å². The summed E-state index contributed by atoms with van der Waals surface area (Å²) in [6.45, 7) is 0.210. The summed E-state index contributed by atoms with van der Waals surface area (Å²) in [5, 5.41) is 2.80. The van der Waals surface area contributed by atoms with Gasteiger partial charge in [-0.15, -0.1) is 0 Å². The number of halogens is 1. The van der Waals surface area contributed by atoms with Gasteiger partial charge in [0.2, 0.25) is 0 Å².